The first kappa shape index (κ1) is 20.1. The summed E-state index contributed by atoms with van der Waals surface area (Å²) < 4.78 is 0. The van der Waals surface area contributed by atoms with Crippen LogP contribution in [0.3, 0.4) is 0 Å². The molecule has 146 valence electrons. The van der Waals surface area contributed by atoms with E-state index in [1.54, 1.807) is 46.2 Å². The minimum Gasteiger partial charge on any atom is -0.341 e. The lowest BCUT2D eigenvalue weighted by Crippen LogP contribution is -2.37. The van der Waals surface area contributed by atoms with E-state index >= 15 is 0 Å². The molecule has 1 aliphatic heterocycles. The fraction of sp³-hybridized carbons (Fsp3) is 0.318. The predicted octanol–water partition coefficient (Wildman–Crippen LogP) is 3.68. The molecule has 1 saturated heterocycles. The number of carbonyl (C=O) groups excluding carboxylic acids is 3. The minimum absolute atomic E-state index is 0.00665. The van der Waals surface area contributed by atoms with E-state index in [0.717, 1.165) is 6.42 Å². The molecule has 0 N–H and O–H groups in total. The van der Waals surface area contributed by atoms with Gasteiger partial charge < -0.3 is 9.80 Å². The molecule has 0 radical (unpaired) electrons. The Labute approximate surface area is 169 Å². The molecule has 0 saturated carbocycles. The normalized spacial score (nSPS) is 14.5. The van der Waals surface area contributed by atoms with Gasteiger partial charge in [-0.05, 0) is 42.8 Å². The second-order valence-corrected chi connectivity index (χ2v) is 7.26. The van der Waals surface area contributed by atoms with Crippen LogP contribution in [0.5, 0.6) is 0 Å². The first-order chi connectivity index (χ1) is 13.5. The van der Waals surface area contributed by atoms with Crippen LogP contribution in [0.15, 0.2) is 54.6 Å². The molecular weight excluding hydrogens is 376 g/mol. The molecule has 0 spiro atoms. The third kappa shape index (κ3) is 5.20. The number of ketones is 1. The standard InChI is InChI=1S/C22H23ClN2O3/c23-19-9-7-17(8-10-19)20(26)11-12-21(27)24-13-4-14-25(16-15-24)22(28)18-5-2-1-3-6-18/h1-3,5-10H,4,11-16H2. The van der Waals surface area contributed by atoms with Gasteiger partial charge in [0.2, 0.25) is 5.91 Å². The van der Waals surface area contributed by atoms with Crippen molar-refractivity contribution in [2.75, 3.05) is 26.2 Å². The third-order valence-corrected chi connectivity index (χ3v) is 5.14. The zero-order valence-electron chi connectivity index (χ0n) is 15.6. The third-order valence-electron chi connectivity index (χ3n) is 4.89. The lowest BCUT2D eigenvalue weighted by Gasteiger charge is -2.22. The van der Waals surface area contributed by atoms with Crippen LogP contribution in [0.1, 0.15) is 40.0 Å². The number of benzene rings is 2. The van der Waals surface area contributed by atoms with Crippen LogP contribution in [-0.4, -0.2) is 53.6 Å². The molecule has 3 rings (SSSR count). The zero-order valence-corrected chi connectivity index (χ0v) is 16.4. The summed E-state index contributed by atoms with van der Waals surface area (Å²) in [4.78, 5) is 40.9. The number of halogens is 1. The number of Topliss-reactive ketones (excluding diaryl/α,β-unsaturated/α-hetero) is 1. The molecule has 5 nitrogen and oxygen atoms in total. The summed E-state index contributed by atoms with van der Waals surface area (Å²) in [7, 11) is 0. The maximum Gasteiger partial charge on any atom is 0.253 e. The number of hydrogen-bond donors (Lipinski definition) is 0. The number of carbonyl (C=O) groups is 3. The quantitative estimate of drug-likeness (QED) is 0.722. The fourth-order valence-corrected chi connectivity index (χ4v) is 3.42. The van der Waals surface area contributed by atoms with Gasteiger partial charge in [0, 0.05) is 55.2 Å². The van der Waals surface area contributed by atoms with Gasteiger partial charge >= 0.3 is 0 Å². The molecule has 6 heteroatoms. The summed E-state index contributed by atoms with van der Waals surface area (Å²) in [6, 6.07) is 15.9. The maximum atomic E-state index is 12.6. The Balaban J connectivity index is 1.50. The van der Waals surface area contributed by atoms with Crippen molar-refractivity contribution in [2.45, 2.75) is 19.3 Å². The van der Waals surface area contributed by atoms with Crippen molar-refractivity contribution in [3.05, 3.63) is 70.7 Å². The molecule has 1 fully saturated rings. The molecule has 2 amide bonds. The highest BCUT2D eigenvalue weighted by molar-refractivity contribution is 6.30. The van der Waals surface area contributed by atoms with E-state index in [-0.39, 0.29) is 30.4 Å². The van der Waals surface area contributed by atoms with Gasteiger partial charge in [0.25, 0.3) is 5.91 Å². The van der Waals surface area contributed by atoms with E-state index < -0.39 is 0 Å². The first-order valence-corrected chi connectivity index (χ1v) is 9.83. The Hall–Kier alpha value is -2.66. The van der Waals surface area contributed by atoms with Gasteiger partial charge in [0.05, 0.1) is 0 Å². The number of rotatable bonds is 5. The first-order valence-electron chi connectivity index (χ1n) is 9.45. The molecular formula is C22H23ClN2O3. The highest BCUT2D eigenvalue weighted by Gasteiger charge is 2.23. The monoisotopic (exact) mass is 398 g/mol. The van der Waals surface area contributed by atoms with E-state index in [4.69, 9.17) is 11.6 Å². The summed E-state index contributed by atoms with van der Waals surface area (Å²) >= 11 is 5.83. The molecule has 2 aromatic carbocycles. The maximum absolute atomic E-state index is 12.6. The van der Waals surface area contributed by atoms with E-state index in [9.17, 15) is 14.4 Å². The van der Waals surface area contributed by atoms with Crippen LogP contribution >= 0.6 is 11.6 Å². The Morgan fingerprint density at radius 2 is 1.39 bits per heavy atom. The Morgan fingerprint density at radius 3 is 2.11 bits per heavy atom. The van der Waals surface area contributed by atoms with Gasteiger partial charge in [-0.3, -0.25) is 14.4 Å². The summed E-state index contributed by atoms with van der Waals surface area (Å²) in [5.74, 6) is -0.121. The molecule has 0 bridgehead atoms. The lowest BCUT2D eigenvalue weighted by atomic mass is 10.1. The van der Waals surface area contributed by atoms with Crippen molar-refractivity contribution >= 4 is 29.2 Å². The van der Waals surface area contributed by atoms with E-state index in [1.165, 1.54) is 0 Å². The summed E-state index contributed by atoms with van der Waals surface area (Å²) in [5, 5.41) is 0.576. The van der Waals surface area contributed by atoms with Gasteiger partial charge in [0.1, 0.15) is 0 Å². The van der Waals surface area contributed by atoms with Crippen LogP contribution in [0.25, 0.3) is 0 Å². The highest BCUT2D eigenvalue weighted by Crippen LogP contribution is 2.14. The van der Waals surface area contributed by atoms with Crippen molar-refractivity contribution < 1.29 is 14.4 Å². The van der Waals surface area contributed by atoms with Crippen molar-refractivity contribution in [1.29, 1.82) is 0 Å². The van der Waals surface area contributed by atoms with Gasteiger partial charge in [-0.1, -0.05) is 29.8 Å². The summed E-state index contributed by atoms with van der Waals surface area (Å²) in [5.41, 5.74) is 1.23. The van der Waals surface area contributed by atoms with Crippen molar-refractivity contribution in [2.24, 2.45) is 0 Å². The molecule has 0 unspecified atom stereocenters. The Bertz CT molecular complexity index is 837. The molecule has 0 aromatic heterocycles. The van der Waals surface area contributed by atoms with Crippen molar-refractivity contribution in [3.63, 3.8) is 0 Å². The molecule has 0 atom stereocenters. The second-order valence-electron chi connectivity index (χ2n) is 6.82. The van der Waals surface area contributed by atoms with Crippen LogP contribution in [0, 0.1) is 0 Å². The Kier molecular flexibility index (Phi) is 6.82. The lowest BCUT2D eigenvalue weighted by molar-refractivity contribution is -0.131. The van der Waals surface area contributed by atoms with Gasteiger partial charge in [0.15, 0.2) is 5.78 Å². The number of nitrogens with zero attached hydrogens (tertiary/aromatic N) is 2. The van der Waals surface area contributed by atoms with Gasteiger partial charge in [-0.25, -0.2) is 0 Å². The average Bonchev–Trinajstić information content (AvgIpc) is 2.99. The SMILES string of the molecule is O=C(CCC(=O)N1CCCN(C(=O)c2ccccc2)CC1)c1ccc(Cl)cc1. The second kappa shape index (κ2) is 9.51. The summed E-state index contributed by atoms with van der Waals surface area (Å²) in [6.07, 6.45) is 1.08. The van der Waals surface area contributed by atoms with Crippen molar-refractivity contribution in [3.8, 4) is 0 Å². The van der Waals surface area contributed by atoms with E-state index in [1.807, 2.05) is 18.2 Å². The number of hydrogen-bond acceptors (Lipinski definition) is 3. The molecule has 0 aliphatic carbocycles. The van der Waals surface area contributed by atoms with Gasteiger partial charge in [-0.2, -0.15) is 0 Å². The predicted molar refractivity (Wildman–Crippen MR) is 109 cm³/mol. The smallest absolute Gasteiger partial charge is 0.253 e. The van der Waals surface area contributed by atoms with Gasteiger partial charge in [-0.15, -0.1) is 0 Å². The van der Waals surface area contributed by atoms with E-state index in [2.05, 4.69) is 0 Å². The average molecular weight is 399 g/mol. The topological polar surface area (TPSA) is 57.7 Å². The largest absolute Gasteiger partial charge is 0.341 e. The van der Waals surface area contributed by atoms with Crippen LogP contribution in [0.4, 0.5) is 0 Å². The summed E-state index contributed by atoms with van der Waals surface area (Å²) in [6.45, 7) is 2.23. The zero-order chi connectivity index (χ0) is 19.9. The molecule has 1 aliphatic rings. The van der Waals surface area contributed by atoms with E-state index in [0.29, 0.717) is 42.3 Å². The van der Waals surface area contributed by atoms with Crippen LogP contribution < -0.4 is 0 Å². The highest BCUT2D eigenvalue weighted by atomic mass is 35.5. The minimum atomic E-state index is -0.0688. The molecule has 28 heavy (non-hydrogen) atoms. The Morgan fingerprint density at radius 1 is 0.750 bits per heavy atom. The molecule has 2 aromatic rings. The number of amides is 2. The van der Waals surface area contributed by atoms with Crippen LogP contribution in [0.2, 0.25) is 5.02 Å². The fourth-order valence-electron chi connectivity index (χ4n) is 3.29. The van der Waals surface area contributed by atoms with Crippen molar-refractivity contribution in [1.82, 2.24) is 9.80 Å². The van der Waals surface area contributed by atoms with Crippen LogP contribution in [-0.2, 0) is 4.79 Å². The molecule has 1 heterocycles.